The molecule has 0 heterocycles. The molecule has 34 heavy (non-hydrogen) atoms. The second-order valence-corrected chi connectivity index (χ2v) is 13.9. The summed E-state index contributed by atoms with van der Waals surface area (Å²) in [7, 11) is -2.72. The van der Waals surface area contributed by atoms with Gasteiger partial charge in [-0.25, -0.2) is 0 Å². The van der Waals surface area contributed by atoms with Crippen LogP contribution in [0, 0.1) is 0 Å². The van der Waals surface area contributed by atoms with Crippen molar-refractivity contribution in [2.45, 2.75) is 51.9 Å². The molecule has 0 saturated heterocycles. The molecule has 0 amide bonds. The molecule has 0 fully saturated rings. The summed E-state index contributed by atoms with van der Waals surface area (Å²) in [4.78, 5) is 11.6. The van der Waals surface area contributed by atoms with Gasteiger partial charge in [-0.3, -0.25) is 4.79 Å². The van der Waals surface area contributed by atoms with E-state index in [2.05, 4.69) is 81.4 Å². The molecule has 3 aromatic rings. The van der Waals surface area contributed by atoms with E-state index in [-0.39, 0.29) is 16.9 Å². The van der Waals surface area contributed by atoms with Gasteiger partial charge < -0.3 is 9.16 Å². The highest BCUT2D eigenvalue weighted by molar-refractivity contribution is 6.99. The Kier molecular flexibility index (Phi) is 9.17. The molecule has 0 aliphatic rings. The van der Waals surface area contributed by atoms with Crippen LogP contribution in [0.4, 0.5) is 0 Å². The zero-order valence-electron chi connectivity index (χ0n) is 20.7. The Bertz CT molecular complexity index is 1000. The lowest BCUT2D eigenvalue weighted by Gasteiger charge is -2.45. The number of rotatable bonds is 11. The van der Waals surface area contributed by atoms with Crippen LogP contribution in [0.25, 0.3) is 0 Å². The first-order valence-corrected chi connectivity index (χ1v) is 13.8. The molecule has 1 atom stereocenters. The summed E-state index contributed by atoms with van der Waals surface area (Å²) in [6.07, 6.45) is 3.96. The number of hydrogen-bond acceptors (Lipinski definition) is 3. The molecular weight excluding hydrogens is 436 g/mol. The van der Waals surface area contributed by atoms with Crippen LogP contribution >= 0.6 is 0 Å². The van der Waals surface area contributed by atoms with Gasteiger partial charge in [0.25, 0.3) is 8.32 Å². The van der Waals surface area contributed by atoms with Gasteiger partial charge in [-0.2, -0.15) is 0 Å². The van der Waals surface area contributed by atoms with Crippen LogP contribution in [-0.2, 0) is 20.6 Å². The summed E-state index contributed by atoms with van der Waals surface area (Å²) in [5, 5.41) is 2.34. The van der Waals surface area contributed by atoms with Crippen LogP contribution in [0.15, 0.2) is 103 Å². The van der Waals surface area contributed by atoms with Crippen molar-refractivity contribution in [3.05, 3.63) is 109 Å². The minimum Gasteiger partial charge on any atom is -0.402 e. The SMILES string of the molecule is CC(=O)/C=C/C[C@H](COCc1ccccc1)O[Si](c1ccccc1)(c1ccccc1)C(C)(C)C. The molecule has 0 saturated carbocycles. The summed E-state index contributed by atoms with van der Waals surface area (Å²) in [5.74, 6) is 0.0365. The second-order valence-electron chi connectivity index (χ2n) is 9.65. The monoisotopic (exact) mass is 472 g/mol. The topological polar surface area (TPSA) is 35.5 Å². The fraction of sp³-hybridized carbons (Fsp3) is 0.300. The Morgan fingerprint density at radius 2 is 1.35 bits per heavy atom. The van der Waals surface area contributed by atoms with Gasteiger partial charge in [0.2, 0.25) is 0 Å². The van der Waals surface area contributed by atoms with Gasteiger partial charge in [-0.15, -0.1) is 0 Å². The quantitative estimate of drug-likeness (QED) is 0.266. The Hall–Kier alpha value is -2.79. The van der Waals surface area contributed by atoms with Crippen molar-refractivity contribution < 1.29 is 14.0 Å². The van der Waals surface area contributed by atoms with E-state index < -0.39 is 8.32 Å². The number of benzene rings is 3. The van der Waals surface area contributed by atoms with E-state index in [1.807, 2.05) is 36.4 Å². The van der Waals surface area contributed by atoms with Crippen molar-refractivity contribution in [1.82, 2.24) is 0 Å². The van der Waals surface area contributed by atoms with Crippen molar-refractivity contribution >= 4 is 24.5 Å². The first kappa shape index (κ1) is 25.8. The normalized spacial score (nSPS) is 13.2. The fourth-order valence-corrected chi connectivity index (χ4v) is 9.04. The van der Waals surface area contributed by atoms with Crippen molar-refractivity contribution in [3.63, 3.8) is 0 Å². The highest BCUT2D eigenvalue weighted by atomic mass is 28.4. The maximum Gasteiger partial charge on any atom is 0.261 e. The Morgan fingerprint density at radius 3 is 1.82 bits per heavy atom. The largest absolute Gasteiger partial charge is 0.402 e. The van der Waals surface area contributed by atoms with Crippen LogP contribution < -0.4 is 10.4 Å². The van der Waals surface area contributed by atoms with Crippen molar-refractivity contribution in [3.8, 4) is 0 Å². The minimum absolute atomic E-state index is 0.0365. The third kappa shape index (κ3) is 6.63. The molecule has 0 aliphatic carbocycles. The van der Waals surface area contributed by atoms with Gasteiger partial charge in [-0.05, 0) is 40.4 Å². The number of ketones is 1. The summed E-state index contributed by atoms with van der Waals surface area (Å²) < 4.78 is 13.4. The summed E-state index contributed by atoms with van der Waals surface area (Å²) in [5.41, 5.74) is 1.13. The molecule has 178 valence electrons. The number of allylic oxidation sites excluding steroid dienone is 1. The van der Waals surface area contributed by atoms with Crippen molar-refractivity contribution in [2.75, 3.05) is 6.61 Å². The zero-order chi connectivity index (χ0) is 24.4. The number of carbonyl (C=O) groups excluding carboxylic acids is 1. The number of ether oxygens (including phenoxy) is 1. The van der Waals surface area contributed by atoms with E-state index in [9.17, 15) is 4.79 Å². The molecule has 3 nitrogen and oxygen atoms in total. The third-order valence-corrected chi connectivity index (χ3v) is 11.0. The molecule has 3 rings (SSSR count). The second kappa shape index (κ2) is 12.1. The lowest BCUT2D eigenvalue weighted by atomic mass is 10.2. The Morgan fingerprint density at radius 1 is 0.853 bits per heavy atom. The Balaban J connectivity index is 1.97. The van der Waals surface area contributed by atoms with Crippen LogP contribution in [0.1, 0.15) is 39.7 Å². The summed E-state index contributed by atoms with van der Waals surface area (Å²) >= 11 is 0. The Labute approximate surface area is 205 Å². The van der Waals surface area contributed by atoms with Gasteiger partial charge in [0.05, 0.1) is 19.3 Å². The maximum atomic E-state index is 11.6. The minimum atomic E-state index is -2.72. The number of carbonyl (C=O) groups is 1. The molecule has 0 aromatic heterocycles. The van der Waals surface area contributed by atoms with Crippen LogP contribution in [-0.4, -0.2) is 26.8 Å². The molecule has 0 radical (unpaired) electrons. The molecule has 0 unspecified atom stereocenters. The van der Waals surface area contributed by atoms with E-state index in [0.29, 0.717) is 19.6 Å². The van der Waals surface area contributed by atoms with Gasteiger partial charge >= 0.3 is 0 Å². The average Bonchev–Trinajstić information content (AvgIpc) is 2.83. The highest BCUT2D eigenvalue weighted by Gasteiger charge is 2.51. The smallest absolute Gasteiger partial charge is 0.261 e. The van der Waals surface area contributed by atoms with Crippen LogP contribution in [0.2, 0.25) is 5.04 Å². The zero-order valence-corrected chi connectivity index (χ0v) is 21.7. The first-order valence-electron chi connectivity index (χ1n) is 11.9. The van der Waals surface area contributed by atoms with E-state index in [1.165, 1.54) is 10.4 Å². The lowest BCUT2D eigenvalue weighted by molar-refractivity contribution is -0.112. The number of hydrogen-bond donors (Lipinski definition) is 0. The van der Waals surface area contributed by atoms with Gasteiger partial charge in [0.1, 0.15) is 0 Å². The van der Waals surface area contributed by atoms with Crippen LogP contribution in [0.5, 0.6) is 0 Å². The molecule has 0 N–H and O–H groups in total. The third-order valence-electron chi connectivity index (χ3n) is 5.93. The van der Waals surface area contributed by atoms with Gasteiger partial charge in [-0.1, -0.05) is 118 Å². The van der Waals surface area contributed by atoms with Crippen molar-refractivity contribution in [1.29, 1.82) is 0 Å². The molecule has 3 aromatic carbocycles. The lowest BCUT2D eigenvalue weighted by Crippen LogP contribution is -2.68. The summed E-state index contributed by atoms with van der Waals surface area (Å²) in [6.45, 7) is 9.35. The maximum absolute atomic E-state index is 11.6. The molecular formula is C30H36O3Si. The molecule has 0 bridgehead atoms. The van der Waals surface area contributed by atoms with Gasteiger partial charge in [0, 0.05) is 0 Å². The molecule has 0 spiro atoms. The van der Waals surface area contributed by atoms with Crippen molar-refractivity contribution in [2.24, 2.45) is 0 Å². The van der Waals surface area contributed by atoms with E-state index in [0.717, 1.165) is 5.56 Å². The highest BCUT2D eigenvalue weighted by Crippen LogP contribution is 2.38. The van der Waals surface area contributed by atoms with Gasteiger partial charge in [0.15, 0.2) is 5.78 Å². The van der Waals surface area contributed by atoms with E-state index >= 15 is 0 Å². The fourth-order valence-electron chi connectivity index (χ4n) is 4.36. The van der Waals surface area contributed by atoms with Crippen LogP contribution in [0.3, 0.4) is 0 Å². The first-order chi connectivity index (χ1) is 16.3. The average molecular weight is 473 g/mol. The van der Waals surface area contributed by atoms with E-state index in [4.69, 9.17) is 9.16 Å². The van der Waals surface area contributed by atoms with E-state index in [1.54, 1.807) is 13.0 Å². The molecule has 0 aliphatic heterocycles. The standard InChI is InChI=1S/C30H36O3Si/c1-25(31)15-14-18-27(24-32-23-26-16-8-5-9-17-26)33-34(30(2,3)4,28-19-10-6-11-20-28)29-21-12-7-13-22-29/h5-17,19-22,27H,18,23-24H2,1-4H3/b15-14+/t27-/m1/s1. The molecule has 4 heteroatoms. The predicted octanol–water partition coefficient (Wildman–Crippen LogP) is 5.68. The predicted molar refractivity (Wildman–Crippen MR) is 143 cm³/mol. The summed E-state index contributed by atoms with van der Waals surface area (Å²) in [6, 6.07) is 31.4.